The minimum atomic E-state index is -0.484. The van der Waals surface area contributed by atoms with Crippen LogP contribution in [0.1, 0.15) is 74.9 Å². The van der Waals surface area contributed by atoms with Gasteiger partial charge in [0.25, 0.3) is 0 Å². The molecule has 0 unspecified atom stereocenters. The van der Waals surface area contributed by atoms with Crippen molar-refractivity contribution in [1.82, 2.24) is 9.80 Å². The van der Waals surface area contributed by atoms with E-state index in [2.05, 4.69) is 77.3 Å². The van der Waals surface area contributed by atoms with Crippen molar-refractivity contribution in [2.24, 2.45) is 0 Å². The van der Waals surface area contributed by atoms with E-state index in [9.17, 15) is 15.3 Å². The average molecular weight is 455 g/mol. The molecular weight excluding hydrogens is 412 g/mol. The van der Waals surface area contributed by atoms with Crippen LogP contribution in [-0.4, -0.2) is 51.0 Å². The number of phenolic OH excluding ortho intramolecular Hbond substituents is 2. The molecule has 5 heteroatoms. The zero-order chi connectivity index (χ0) is 24.7. The van der Waals surface area contributed by atoms with Gasteiger partial charge in [-0.2, -0.15) is 0 Å². The molecule has 1 aliphatic rings. The van der Waals surface area contributed by atoms with Crippen molar-refractivity contribution < 1.29 is 15.3 Å². The van der Waals surface area contributed by atoms with E-state index in [1.165, 1.54) is 0 Å². The molecule has 2 aromatic carbocycles. The zero-order valence-electron chi connectivity index (χ0n) is 21.7. The van der Waals surface area contributed by atoms with Crippen LogP contribution in [0.25, 0.3) is 0 Å². The first-order chi connectivity index (χ1) is 15.1. The van der Waals surface area contributed by atoms with E-state index in [1.54, 1.807) is 0 Å². The standard InChI is InChI=1S/C28H42N2O3/c1-18-9-20(25(32)23(11-18)27(3,4)5)13-29-15-22(31)16-30(17-29)14-21-10-19(2)12-24(26(21)33)28(6,7)8/h9-12,22,31-33H,13-17H2,1-8H3. The summed E-state index contributed by atoms with van der Waals surface area (Å²) >= 11 is 0. The van der Waals surface area contributed by atoms with E-state index in [4.69, 9.17) is 0 Å². The molecule has 1 saturated heterocycles. The predicted octanol–water partition coefficient (Wildman–Crippen LogP) is 4.95. The lowest BCUT2D eigenvalue weighted by atomic mass is 9.84. The maximum Gasteiger partial charge on any atom is 0.123 e. The van der Waals surface area contributed by atoms with Gasteiger partial charge in [-0.15, -0.1) is 0 Å². The summed E-state index contributed by atoms with van der Waals surface area (Å²) in [5.41, 5.74) is 5.64. The number of phenols is 2. The molecule has 0 aliphatic carbocycles. The van der Waals surface area contributed by atoms with E-state index in [-0.39, 0.29) is 10.8 Å². The normalized spacial score (nSPS) is 17.0. The van der Waals surface area contributed by atoms with Gasteiger partial charge in [-0.05, 0) is 35.8 Å². The van der Waals surface area contributed by atoms with E-state index >= 15 is 0 Å². The number of aliphatic hydroxyl groups excluding tert-OH is 1. The summed E-state index contributed by atoms with van der Waals surface area (Å²) in [6.45, 7) is 19.7. The molecule has 1 aliphatic heterocycles. The molecule has 182 valence electrons. The van der Waals surface area contributed by atoms with Gasteiger partial charge in [0.05, 0.1) is 12.8 Å². The third-order valence-electron chi connectivity index (χ3n) is 6.41. The van der Waals surface area contributed by atoms with Crippen LogP contribution in [0.15, 0.2) is 24.3 Å². The molecular formula is C28H42N2O3. The van der Waals surface area contributed by atoms with Crippen LogP contribution in [0.2, 0.25) is 0 Å². The first-order valence-corrected chi connectivity index (χ1v) is 11.9. The monoisotopic (exact) mass is 454 g/mol. The molecule has 0 saturated carbocycles. The molecule has 3 N–H and O–H groups in total. The number of benzene rings is 2. The fourth-order valence-electron chi connectivity index (χ4n) is 4.86. The lowest BCUT2D eigenvalue weighted by molar-refractivity contribution is -0.0152. The summed E-state index contributed by atoms with van der Waals surface area (Å²) in [6, 6.07) is 8.20. The van der Waals surface area contributed by atoms with Gasteiger partial charge >= 0.3 is 0 Å². The first-order valence-electron chi connectivity index (χ1n) is 11.9. The second-order valence-corrected chi connectivity index (χ2v) is 12.0. The fraction of sp³-hybridized carbons (Fsp3) is 0.571. The number of aromatic hydroxyl groups is 2. The van der Waals surface area contributed by atoms with Crippen LogP contribution < -0.4 is 0 Å². The van der Waals surface area contributed by atoms with Crippen LogP contribution >= 0.6 is 0 Å². The number of nitrogens with zero attached hydrogens (tertiary/aromatic N) is 2. The summed E-state index contributed by atoms with van der Waals surface area (Å²) in [5.74, 6) is 0.705. The van der Waals surface area contributed by atoms with Crippen LogP contribution in [0.4, 0.5) is 0 Å². The number of hydrogen-bond donors (Lipinski definition) is 3. The van der Waals surface area contributed by atoms with Crippen LogP contribution in [0, 0.1) is 13.8 Å². The Balaban J connectivity index is 1.83. The molecule has 0 amide bonds. The molecule has 5 nitrogen and oxygen atoms in total. The van der Waals surface area contributed by atoms with Gasteiger partial charge in [0.15, 0.2) is 0 Å². The highest BCUT2D eigenvalue weighted by Crippen LogP contribution is 2.37. The molecule has 0 aromatic heterocycles. The minimum absolute atomic E-state index is 0.147. The summed E-state index contributed by atoms with van der Waals surface area (Å²) < 4.78 is 0. The molecule has 0 atom stereocenters. The lowest BCUT2D eigenvalue weighted by Crippen LogP contribution is -2.51. The second-order valence-electron chi connectivity index (χ2n) is 12.0. The predicted molar refractivity (Wildman–Crippen MR) is 135 cm³/mol. The summed E-state index contributed by atoms with van der Waals surface area (Å²) in [4.78, 5) is 4.35. The molecule has 3 rings (SSSR count). The highest BCUT2D eigenvalue weighted by Gasteiger charge is 2.28. The van der Waals surface area contributed by atoms with Crippen molar-refractivity contribution in [3.05, 3.63) is 57.6 Å². The van der Waals surface area contributed by atoms with Crippen molar-refractivity contribution in [1.29, 1.82) is 0 Å². The second kappa shape index (κ2) is 9.28. The Kier molecular flexibility index (Phi) is 7.18. The number of rotatable bonds is 4. The third kappa shape index (κ3) is 6.08. The Hall–Kier alpha value is -2.08. The topological polar surface area (TPSA) is 67.2 Å². The highest BCUT2D eigenvalue weighted by atomic mass is 16.3. The molecule has 0 spiro atoms. The molecule has 2 aromatic rings. The van der Waals surface area contributed by atoms with Gasteiger partial charge in [-0.3, -0.25) is 9.80 Å². The maximum atomic E-state index is 11.0. The van der Waals surface area contributed by atoms with Crippen LogP contribution in [-0.2, 0) is 23.9 Å². The Morgan fingerprint density at radius 3 is 1.42 bits per heavy atom. The minimum Gasteiger partial charge on any atom is -0.507 e. The summed E-state index contributed by atoms with van der Waals surface area (Å²) in [6.07, 6.45) is -0.484. The average Bonchev–Trinajstić information content (AvgIpc) is 2.64. The van der Waals surface area contributed by atoms with Crippen LogP contribution in [0.5, 0.6) is 11.5 Å². The van der Waals surface area contributed by atoms with E-state index < -0.39 is 6.10 Å². The Labute approximate surface area is 199 Å². The Bertz CT molecular complexity index is 922. The van der Waals surface area contributed by atoms with Crippen molar-refractivity contribution >= 4 is 0 Å². The van der Waals surface area contributed by atoms with Gasteiger partial charge in [-0.1, -0.05) is 76.9 Å². The van der Waals surface area contributed by atoms with Gasteiger partial charge in [0.2, 0.25) is 0 Å². The molecule has 0 bridgehead atoms. The first kappa shape index (κ1) is 25.5. The SMILES string of the molecule is Cc1cc(CN2CC(O)CN(Cc3cc(C)cc(C(C)(C)C)c3O)C2)c(O)c(C(C)(C)C)c1. The van der Waals surface area contributed by atoms with E-state index in [0.717, 1.165) is 33.4 Å². The van der Waals surface area contributed by atoms with Gasteiger partial charge in [0.1, 0.15) is 11.5 Å². The molecule has 0 radical (unpaired) electrons. The quantitative estimate of drug-likeness (QED) is 0.610. The van der Waals surface area contributed by atoms with Gasteiger partial charge in [-0.25, -0.2) is 0 Å². The zero-order valence-corrected chi connectivity index (χ0v) is 21.7. The lowest BCUT2D eigenvalue weighted by Gasteiger charge is -2.39. The molecule has 33 heavy (non-hydrogen) atoms. The number of aliphatic hydroxyl groups is 1. The van der Waals surface area contributed by atoms with E-state index in [0.29, 0.717) is 44.3 Å². The fourth-order valence-corrected chi connectivity index (χ4v) is 4.86. The smallest absolute Gasteiger partial charge is 0.123 e. The third-order valence-corrected chi connectivity index (χ3v) is 6.41. The maximum absolute atomic E-state index is 11.0. The number of hydrogen-bond acceptors (Lipinski definition) is 5. The van der Waals surface area contributed by atoms with Crippen molar-refractivity contribution in [2.45, 2.75) is 85.4 Å². The summed E-state index contributed by atoms with van der Waals surface area (Å²) in [5, 5.41) is 32.6. The van der Waals surface area contributed by atoms with Crippen molar-refractivity contribution in [3.8, 4) is 11.5 Å². The van der Waals surface area contributed by atoms with Crippen molar-refractivity contribution in [3.63, 3.8) is 0 Å². The number of aryl methyl sites for hydroxylation is 2. The van der Waals surface area contributed by atoms with Gasteiger partial charge in [0, 0.05) is 37.3 Å². The Morgan fingerprint density at radius 1 is 0.727 bits per heavy atom. The van der Waals surface area contributed by atoms with Crippen LogP contribution in [0.3, 0.4) is 0 Å². The Morgan fingerprint density at radius 2 is 1.09 bits per heavy atom. The largest absolute Gasteiger partial charge is 0.507 e. The highest BCUT2D eigenvalue weighted by molar-refractivity contribution is 5.48. The van der Waals surface area contributed by atoms with Crippen molar-refractivity contribution in [2.75, 3.05) is 19.8 Å². The number of β-amino-alcohol motifs (C(OH)–C–C–N with tert-alkyl or cyclic N) is 1. The molecule has 1 heterocycles. The molecule has 1 fully saturated rings. The summed E-state index contributed by atoms with van der Waals surface area (Å²) in [7, 11) is 0. The van der Waals surface area contributed by atoms with Gasteiger partial charge < -0.3 is 15.3 Å². The van der Waals surface area contributed by atoms with E-state index in [1.807, 2.05) is 12.1 Å².